The number of aliphatic hydroxyl groups excluding tert-OH is 1. The second-order valence-corrected chi connectivity index (χ2v) is 11.8. The highest BCUT2D eigenvalue weighted by Crippen LogP contribution is 2.40. The van der Waals surface area contributed by atoms with Crippen molar-refractivity contribution < 1.29 is 19.4 Å². The number of amides is 1. The van der Waals surface area contributed by atoms with Gasteiger partial charge in [0.15, 0.2) is 11.4 Å². The Kier molecular flexibility index (Phi) is 9.53. The van der Waals surface area contributed by atoms with Crippen molar-refractivity contribution in [2.45, 2.75) is 43.2 Å². The first-order valence-electron chi connectivity index (χ1n) is 14.7. The van der Waals surface area contributed by atoms with Gasteiger partial charge in [0.2, 0.25) is 0 Å². The molecule has 7 nitrogen and oxygen atoms in total. The summed E-state index contributed by atoms with van der Waals surface area (Å²) in [5.74, 6) is 0.646. The van der Waals surface area contributed by atoms with E-state index in [0.29, 0.717) is 18.5 Å². The topological polar surface area (TPSA) is 85.6 Å². The van der Waals surface area contributed by atoms with E-state index in [1.54, 1.807) is 18.0 Å². The average Bonchev–Trinajstić information content (AvgIpc) is 3.51. The Hall–Kier alpha value is -4.21. The van der Waals surface area contributed by atoms with Crippen LogP contribution in [-0.4, -0.2) is 32.4 Å². The predicted molar refractivity (Wildman–Crippen MR) is 172 cm³/mol. The Morgan fingerprint density at radius 3 is 2.43 bits per heavy atom. The van der Waals surface area contributed by atoms with Gasteiger partial charge in [0.1, 0.15) is 0 Å². The molecular formula is C36H35N3O4S. The van der Waals surface area contributed by atoms with Gasteiger partial charge in [0.25, 0.3) is 5.91 Å². The Labute approximate surface area is 261 Å². The van der Waals surface area contributed by atoms with Crippen molar-refractivity contribution in [2.24, 2.45) is 7.05 Å². The number of nitrogens with one attached hydrogen (secondary N) is 1. The molecule has 44 heavy (non-hydrogen) atoms. The van der Waals surface area contributed by atoms with Crippen LogP contribution < -0.4 is 5.32 Å². The smallest absolute Gasteiger partial charge is 0.251 e. The van der Waals surface area contributed by atoms with E-state index >= 15 is 0 Å². The number of rotatable bonds is 10. The number of carbonyl (C=O) groups is 1. The van der Waals surface area contributed by atoms with Crippen molar-refractivity contribution in [3.8, 4) is 11.1 Å². The summed E-state index contributed by atoms with van der Waals surface area (Å²) < 4.78 is 15.2. The Morgan fingerprint density at radius 1 is 0.909 bits per heavy atom. The van der Waals surface area contributed by atoms with Gasteiger partial charge in [-0.15, -0.1) is 0 Å². The van der Waals surface area contributed by atoms with Gasteiger partial charge in [0.05, 0.1) is 18.8 Å². The fourth-order valence-corrected chi connectivity index (χ4v) is 6.23. The van der Waals surface area contributed by atoms with Crippen molar-refractivity contribution in [3.05, 3.63) is 143 Å². The van der Waals surface area contributed by atoms with Gasteiger partial charge in [-0.3, -0.25) is 4.79 Å². The summed E-state index contributed by atoms with van der Waals surface area (Å²) in [6.45, 7) is 0.441. The molecule has 0 spiro atoms. The lowest BCUT2D eigenvalue weighted by Crippen LogP contribution is -2.31. The first kappa shape index (κ1) is 29.8. The van der Waals surface area contributed by atoms with Crippen LogP contribution in [0.5, 0.6) is 0 Å². The fourth-order valence-electron chi connectivity index (χ4n) is 5.28. The number of hydrogen-bond acceptors (Lipinski definition) is 6. The third-order valence-corrected chi connectivity index (χ3v) is 8.89. The number of aliphatic hydroxyl groups is 1. The molecule has 1 amide bonds. The van der Waals surface area contributed by atoms with Crippen LogP contribution in [0.4, 0.5) is 0 Å². The van der Waals surface area contributed by atoms with E-state index in [-0.39, 0.29) is 24.7 Å². The number of nitrogens with zero attached hydrogens (tertiary/aromatic N) is 2. The van der Waals surface area contributed by atoms with Crippen LogP contribution in [0, 0.1) is 0 Å². The number of aryl methyl sites for hydroxylation is 1. The number of benzene rings is 4. The summed E-state index contributed by atoms with van der Waals surface area (Å²) in [6, 6.07) is 33.6. The molecule has 1 fully saturated rings. The minimum atomic E-state index is -0.550. The lowest BCUT2D eigenvalue weighted by atomic mass is 9.99. The van der Waals surface area contributed by atoms with Crippen LogP contribution >= 0.6 is 11.8 Å². The highest BCUT2D eigenvalue weighted by atomic mass is 32.2. The molecule has 0 unspecified atom stereocenters. The molecule has 4 aromatic carbocycles. The Balaban J connectivity index is 1.20. The molecule has 8 heteroatoms. The number of thioether (sulfide) groups is 1. The molecule has 3 atom stereocenters. The molecule has 1 aliphatic heterocycles. The lowest BCUT2D eigenvalue weighted by Gasteiger charge is -2.36. The quantitative estimate of drug-likeness (QED) is 0.170. The maximum absolute atomic E-state index is 12.6. The molecule has 0 aliphatic carbocycles. The van der Waals surface area contributed by atoms with Crippen molar-refractivity contribution in [3.63, 3.8) is 0 Å². The number of aromatic nitrogens is 2. The van der Waals surface area contributed by atoms with Gasteiger partial charge in [0, 0.05) is 49.3 Å². The zero-order valence-electron chi connectivity index (χ0n) is 24.5. The molecule has 0 bridgehead atoms. The summed E-state index contributed by atoms with van der Waals surface area (Å²) in [5.41, 5.74) is 6.61. The first-order chi connectivity index (χ1) is 21.6. The standard InChI is InChI=1S/C36H35N3O4S/c1-39-18-17-37-36(39)44-24-32-21-33(27-15-13-25(23-40)14-16-27)43-35(42-32)31-12-6-11-30(20-31)29-10-5-7-26(19-29)22-38-34(41)28-8-3-2-4-9-28/h2-20,32-33,35,40H,21-24H2,1H3,(H,38,41)/t32-,33+,35+/m1/s1. The van der Waals surface area contributed by atoms with Gasteiger partial charge in [-0.25, -0.2) is 4.98 Å². The highest BCUT2D eigenvalue weighted by Gasteiger charge is 2.32. The second-order valence-electron chi connectivity index (χ2n) is 10.9. The number of ether oxygens (including phenoxy) is 2. The molecule has 1 saturated heterocycles. The van der Waals surface area contributed by atoms with E-state index in [4.69, 9.17) is 9.47 Å². The molecule has 1 aromatic heterocycles. The van der Waals surface area contributed by atoms with Gasteiger partial charge < -0.3 is 24.5 Å². The zero-order valence-corrected chi connectivity index (χ0v) is 25.3. The van der Waals surface area contributed by atoms with Gasteiger partial charge in [-0.05, 0) is 52.1 Å². The molecule has 2 heterocycles. The Morgan fingerprint density at radius 2 is 1.68 bits per heavy atom. The average molecular weight is 606 g/mol. The highest BCUT2D eigenvalue weighted by molar-refractivity contribution is 7.99. The van der Waals surface area contributed by atoms with Crippen LogP contribution in [0.25, 0.3) is 11.1 Å². The maximum atomic E-state index is 12.6. The number of imidazole rings is 1. The van der Waals surface area contributed by atoms with E-state index < -0.39 is 6.29 Å². The summed E-state index contributed by atoms with van der Waals surface area (Å²) >= 11 is 1.68. The van der Waals surface area contributed by atoms with Crippen LogP contribution in [0.15, 0.2) is 121 Å². The Bertz CT molecular complexity index is 1690. The molecule has 5 aromatic rings. The first-order valence-corrected chi connectivity index (χ1v) is 15.7. The zero-order chi connectivity index (χ0) is 30.3. The van der Waals surface area contributed by atoms with Crippen molar-refractivity contribution in [1.29, 1.82) is 0 Å². The minimum Gasteiger partial charge on any atom is -0.392 e. The van der Waals surface area contributed by atoms with Crippen LogP contribution in [-0.2, 0) is 29.7 Å². The molecule has 0 radical (unpaired) electrons. The molecule has 0 saturated carbocycles. The van der Waals surface area contributed by atoms with Gasteiger partial charge >= 0.3 is 0 Å². The lowest BCUT2D eigenvalue weighted by molar-refractivity contribution is -0.245. The summed E-state index contributed by atoms with van der Waals surface area (Å²) in [5, 5.41) is 13.5. The SMILES string of the molecule is Cn1ccnc1SC[C@H]1C[C@@H](c2ccc(CO)cc2)O[C@@H](c2cccc(-c3cccc(CNC(=O)c4ccccc4)c3)c2)O1. The van der Waals surface area contributed by atoms with Gasteiger partial charge in [-0.2, -0.15) is 0 Å². The van der Waals surface area contributed by atoms with E-state index in [1.165, 1.54) is 0 Å². The van der Waals surface area contributed by atoms with Crippen molar-refractivity contribution in [1.82, 2.24) is 14.9 Å². The van der Waals surface area contributed by atoms with Crippen LogP contribution in [0.2, 0.25) is 0 Å². The van der Waals surface area contributed by atoms with Crippen LogP contribution in [0.1, 0.15) is 51.4 Å². The van der Waals surface area contributed by atoms with Crippen LogP contribution in [0.3, 0.4) is 0 Å². The van der Waals surface area contributed by atoms with Crippen molar-refractivity contribution >= 4 is 17.7 Å². The third-order valence-electron chi connectivity index (χ3n) is 7.70. The van der Waals surface area contributed by atoms with E-state index in [1.807, 2.05) is 96.7 Å². The molecule has 2 N–H and O–H groups in total. The molecular weight excluding hydrogens is 570 g/mol. The minimum absolute atomic E-state index is 0.00780. The number of carbonyl (C=O) groups excluding carboxylic acids is 1. The van der Waals surface area contributed by atoms with E-state index in [9.17, 15) is 9.90 Å². The summed E-state index contributed by atoms with van der Waals surface area (Å²) in [4.78, 5) is 17.0. The summed E-state index contributed by atoms with van der Waals surface area (Å²) in [7, 11) is 1.99. The van der Waals surface area contributed by atoms with Crippen molar-refractivity contribution in [2.75, 3.05) is 5.75 Å². The number of hydrogen-bond donors (Lipinski definition) is 2. The third kappa shape index (κ3) is 7.29. The monoisotopic (exact) mass is 605 g/mol. The fraction of sp³-hybridized carbons (Fsp3) is 0.222. The molecule has 224 valence electrons. The second kappa shape index (κ2) is 14.1. The largest absolute Gasteiger partial charge is 0.392 e. The molecule has 1 aliphatic rings. The maximum Gasteiger partial charge on any atom is 0.251 e. The van der Waals surface area contributed by atoms with E-state index in [2.05, 4.69) is 34.6 Å². The van der Waals surface area contributed by atoms with Gasteiger partial charge in [-0.1, -0.05) is 90.6 Å². The van der Waals surface area contributed by atoms with E-state index in [0.717, 1.165) is 44.3 Å². The molecule has 6 rings (SSSR count). The normalized spacial score (nSPS) is 18.2. The predicted octanol–water partition coefficient (Wildman–Crippen LogP) is 6.85. The summed E-state index contributed by atoms with van der Waals surface area (Å²) in [6.07, 6.45) is 3.69.